The number of aromatic nitrogens is 1. The Bertz CT molecular complexity index is 910. The molecule has 3 aromatic rings. The van der Waals surface area contributed by atoms with Gasteiger partial charge in [0.15, 0.2) is 0 Å². The van der Waals surface area contributed by atoms with Crippen LogP contribution in [0.2, 0.25) is 0 Å². The van der Waals surface area contributed by atoms with Crippen molar-refractivity contribution in [3.05, 3.63) is 59.1 Å². The first kappa shape index (κ1) is 16.0. The van der Waals surface area contributed by atoms with E-state index in [9.17, 15) is 13.6 Å². The molecule has 1 N–H and O–H groups in total. The zero-order valence-corrected chi connectivity index (χ0v) is 14.0. The highest BCUT2D eigenvalue weighted by Gasteiger charge is 2.32. The summed E-state index contributed by atoms with van der Waals surface area (Å²) in [6.07, 6.45) is 1.68. The minimum atomic E-state index is -0.788. The average molecular weight is 359 g/mol. The second-order valence-electron chi connectivity index (χ2n) is 5.93. The van der Waals surface area contributed by atoms with E-state index in [1.165, 1.54) is 6.07 Å². The lowest BCUT2D eigenvalue weighted by molar-refractivity contribution is 0.207. The third kappa shape index (κ3) is 3.07. The molecular formula is C18H15F2N3OS. The molecule has 2 amide bonds. The van der Waals surface area contributed by atoms with Gasteiger partial charge in [0, 0.05) is 12.6 Å². The lowest BCUT2D eigenvalue weighted by Gasteiger charge is -2.23. The number of carbonyl (C=O) groups is 1. The van der Waals surface area contributed by atoms with Crippen LogP contribution in [0.1, 0.15) is 23.9 Å². The highest BCUT2D eigenvalue weighted by atomic mass is 32.1. The van der Waals surface area contributed by atoms with Crippen molar-refractivity contribution in [1.29, 1.82) is 0 Å². The number of nitrogens with zero attached hydrogens (tertiary/aromatic N) is 2. The van der Waals surface area contributed by atoms with Crippen LogP contribution in [0.4, 0.5) is 19.3 Å². The lowest BCUT2D eigenvalue weighted by atomic mass is 10.2. The van der Waals surface area contributed by atoms with Crippen LogP contribution in [0.15, 0.2) is 42.5 Å². The molecule has 0 spiro atoms. The van der Waals surface area contributed by atoms with Crippen molar-refractivity contribution in [3.63, 3.8) is 0 Å². The number of hydrogen-bond donors (Lipinski definition) is 1. The van der Waals surface area contributed by atoms with Gasteiger partial charge in [-0.2, -0.15) is 0 Å². The maximum absolute atomic E-state index is 13.8. The molecular weight excluding hydrogens is 344 g/mol. The van der Waals surface area contributed by atoms with Gasteiger partial charge in [-0.3, -0.25) is 0 Å². The molecule has 4 rings (SSSR count). The Hall–Kier alpha value is -2.54. The summed E-state index contributed by atoms with van der Waals surface area (Å²) in [5, 5.41) is 3.42. The number of likely N-dealkylation sites (tertiary alicyclic amines) is 1. The first-order valence-corrected chi connectivity index (χ1v) is 8.81. The second kappa shape index (κ2) is 6.40. The van der Waals surface area contributed by atoms with E-state index in [-0.39, 0.29) is 11.7 Å². The number of anilines is 1. The molecule has 0 radical (unpaired) electrons. The van der Waals surface area contributed by atoms with Crippen molar-refractivity contribution >= 4 is 33.3 Å². The maximum Gasteiger partial charge on any atom is 0.322 e. The number of urea groups is 1. The van der Waals surface area contributed by atoms with Crippen molar-refractivity contribution in [1.82, 2.24) is 9.88 Å². The Kier molecular flexibility index (Phi) is 4.09. The minimum Gasteiger partial charge on any atom is -0.315 e. The van der Waals surface area contributed by atoms with Crippen molar-refractivity contribution < 1.29 is 13.6 Å². The molecule has 1 atom stereocenters. The van der Waals surface area contributed by atoms with Crippen LogP contribution in [0, 0.1) is 11.6 Å². The number of nitrogens with one attached hydrogen (secondary N) is 1. The van der Waals surface area contributed by atoms with E-state index in [1.54, 1.807) is 16.2 Å². The average Bonchev–Trinajstić information content (AvgIpc) is 3.23. The summed E-state index contributed by atoms with van der Waals surface area (Å²) in [7, 11) is 0. The monoisotopic (exact) mass is 359 g/mol. The predicted octanol–water partition coefficient (Wildman–Crippen LogP) is 4.94. The van der Waals surface area contributed by atoms with Gasteiger partial charge in [-0.25, -0.2) is 18.6 Å². The van der Waals surface area contributed by atoms with Crippen LogP contribution in [-0.2, 0) is 0 Å². The Morgan fingerprint density at radius 1 is 1.24 bits per heavy atom. The number of benzene rings is 2. The van der Waals surface area contributed by atoms with Gasteiger partial charge in [-0.05, 0) is 37.1 Å². The number of para-hydroxylation sites is 1. The van der Waals surface area contributed by atoms with Crippen molar-refractivity contribution in [3.8, 4) is 0 Å². The van der Waals surface area contributed by atoms with Crippen LogP contribution in [0.5, 0.6) is 0 Å². The molecule has 0 aliphatic carbocycles. The van der Waals surface area contributed by atoms with Gasteiger partial charge in [0.2, 0.25) is 0 Å². The van der Waals surface area contributed by atoms with Gasteiger partial charge in [-0.15, -0.1) is 11.3 Å². The third-order valence-electron chi connectivity index (χ3n) is 4.28. The third-order valence-corrected chi connectivity index (χ3v) is 5.42. The summed E-state index contributed by atoms with van der Waals surface area (Å²) in [6, 6.07) is 10.4. The molecule has 25 heavy (non-hydrogen) atoms. The normalized spacial score (nSPS) is 17.2. The van der Waals surface area contributed by atoms with E-state index in [1.807, 2.05) is 24.3 Å². The van der Waals surface area contributed by atoms with Gasteiger partial charge in [0.25, 0.3) is 0 Å². The van der Waals surface area contributed by atoms with Gasteiger partial charge in [0.1, 0.15) is 16.6 Å². The van der Waals surface area contributed by atoms with Crippen molar-refractivity contribution in [2.24, 2.45) is 0 Å². The van der Waals surface area contributed by atoms with Crippen LogP contribution in [-0.4, -0.2) is 22.5 Å². The number of fused-ring (bicyclic) bond motifs is 1. The Morgan fingerprint density at radius 3 is 2.88 bits per heavy atom. The molecule has 2 heterocycles. The van der Waals surface area contributed by atoms with E-state index in [4.69, 9.17) is 0 Å². The quantitative estimate of drug-likeness (QED) is 0.704. The summed E-state index contributed by atoms with van der Waals surface area (Å²) in [6.45, 7) is 0.579. The summed E-state index contributed by atoms with van der Waals surface area (Å²) in [5.41, 5.74) is 0.890. The summed E-state index contributed by atoms with van der Waals surface area (Å²) < 4.78 is 27.9. The molecule has 1 aromatic heterocycles. The van der Waals surface area contributed by atoms with Crippen LogP contribution >= 0.6 is 11.3 Å². The number of carbonyl (C=O) groups excluding carboxylic acids is 1. The van der Waals surface area contributed by atoms with Crippen LogP contribution < -0.4 is 5.32 Å². The van der Waals surface area contributed by atoms with Crippen molar-refractivity contribution in [2.75, 3.05) is 11.9 Å². The molecule has 1 aliphatic rings. The maximum atomic E-state index is 13.8. The predicted molar refractivity (Wildman–Crippen MR) is 93.7 cm³/mol. The lowest BCUT2D eigenvalue weighted by Crippen LogP contribution is -2.34. The summed E-state index contributed by atoms with van der Waals surface area (Å²) >= 11 is 1.57. The minimum absolute atomic E-state index is 0.0265. The second-order valence-corrected chi connectivity index (χ2v) is 6.99. The largest absolute Gasteiger partial charge is 0.322 e. The topological polar surface area (TPSA) is 45.2 Å². The highest BCUT2D eigenvalue weighted by Crippen LogP contribution is 2.36. The van der Waals surface area contributed by atoms with E-state index in [2.05, 4.69) is 10.3 Å². The molecule has 128 valence electrons. The fourth-order valence-electron chi connectivity index (χ4n) is 3.08. The fraction of sp³-hybridized carbons (Fsp3) is 0.222. The van der Waals surface area contributed by atoms with Crippen molar-refractivity contribution in [2.45, 2.75) is 18.9 Å². The molecule has 1 aliphatic heterocycles. The van der Waals surface area contributed by atoms with Gasteiger partial charge in [0.05, 0.1) is 21.9 Å². The zero-order chi connectivity index (χ0) is 17.4. The summed E-state index contributed by atoms with van der Waals surface area (Å²) in [5.74, 6) is -1.46. The van der Waals surface area contributed by atoms with Gasteiger partial charge < -0.3 is 10.2 Å². The number of rotatable bonds is 2. The Labute approximate surface area is 147 Å². The smallest absolute Gasteiger partial charge is 0.315 e. The first-order valence-electron chi connectivity index (χ1n) is 8.00. The van der Waals surface area contributed by atoms with E-state index in [0.29, 0.717) is 6.54 Å². The van der Waals surface area contributed by atoms with Crippen LogP contribution in [0.25, 0.3) is 10.2 Å². The first-order chi connectivity index (χ1) is 12.1. The number of thiazole rings is 1. The number of hydrogen-bond acceptors (Lipinski definition) is 3. The molecule has 1 fully saturated rings. The number of halogens is 2. The van der Waals surface area contributed by atoms with Crippen LogP contribution in [0.3, 0.4) is 0 Å². The molecule has 0 unspecified atom stereocenters. The standard InChI is InChI=1S/C18H15F2N3OS/c19-11-7-8-13(12(20)10-11)22-18(24)23-9-3-5-15(23)17-21-14-4-1-2-6-16(14)25-17/h1-2,4,6-8,10,15H,3,5,9H2,(H,22,24)/t15-/m0/s1. The summed E-state index contributed by atoms with van der Waals surface area (Å²) in [4.78, 5) is 18.9. The zero-order valence-electron chi connectivity index (χ0n) is 13.2. The van der Waals surface area contributed by atoms with Gasteiger partial charge in [-0.1, -0.05) is 12.1 Å². The Morgan fingerprint density at radius 2 is 2.08 bits per heavy atom. The van der Waals surface area contributed by atoms with E-state index < -0.39 is 17.7 Å². The number of amides is 2. The molecule has 0 saturated carbocycles. The highest BCUT2D eigenvalue weighted by molar-refractivity contribution is 7.18. The molecule has 0 bridgehead atoms. The molecule has 7 heteroatoms. The molecule has 2 aromatic carbocycles. The van der Waals surface area contributed by atoms with Gasteiger partial charge >= 0.3 is 6.03 Å². The molecule has 1 saturated heterocycles. The van der Waals surface area contributed by atoms with E-state index in [0.717, 1.165) is 40.2 Å². The fourth-order valence-corrected chi connectivity index (χ4v) is 4.19. The SMILES string of the molecule is O=C(Nc1ccc(F)cc1F)N1CCC[C@H]1c1nc2ccccc2s1. The molecule has 4 nitrogen and oxygen atoms in total. The van der Waals surface area contributed by atoms with E-state index >= 15 is 0 Å². The Balaban J connectivity index is 1.57.